The molecule has 4 rings (SSSR count). The van der Waals surface area contributed by atoms with Gasteiger partial charge < -0.3 is 14.5 Å². The fraction of sp³-hybridized carbons (Fsp3) is 0.286. The van der Waals surface area contributed by atoms with E-state index in [-0.39, 0.29) is 5.91 Å². The Morgan fingerprint density at radius 3 is 2.64 bits per heavy atom. The topological polar surface area (TPSA) is 63.5 Å². The number of benzene rings is 1. The van der Waals surface area contributed by atoms with Gasteiger partial charge in [-0.25, -0.2) is 9.97 Å². The van der Waals surface area contributed by atoms with Crippen LogP contribution in [-0.4, -0.2) is 58.7 Å². The predicted molar refractivity (Wildman–Crippen MR) is 107 cm³/mol. The number of morpholine rings is 1. The molecule has 1 aliphatic rings. The van der Waals surface area contributed by atoms with Gasteiger partial charge in [0.05, 0.1) is 13.2 Å². The first-order valence-corrected chi connectivity index (χ1v) is 9.32. The van der Waals surface area contributed by atoms with Crippen LogP contribution < -0.4 is 4.90 Å². The third-order valence-corrected chi connectivity index (χ3v) is 4.84. The van der Waals surface area contributed by atoms with E-state index in [0.717, 1.165) is 31.9 Å². The van der Waals surface area contributed by atoms with Crippen molar-refractivity contribution >= 4 is 11.6 Å². The fourth-order valence-electron chi connectivity index (χ4n) is 3.29. The standard InChI is InChI=1S/C21H23N5O2/c1-24(15-17-2-4-19(5-3-17)25-10-12-28-13-11-25)21(27)18-6-7-23-20(14-18)26-9-8-22-16-26/h2-9,14,16H,10-13,15H2,1H3. The van der Waals surface area contributed by atoms with Crippen LogP contribution in [0, 0.1) is 0 Å². The Morgan fingerprint density at radius 2 is 1.93 bits per heavy atom. The Labute approximate surface area is 164 Å². The number of anilines is 1. The second kappa shape index (κ2) is 8.22. The molecule has 1 fully saturated rings. The number of aromatic nitrogens is 3. The van der Waals surface area contributed by atoms with E-state index in [2.05, 4.69) is 39.1 Å². The molecular weight excluding hydrogens is 354 g/mol. The van der Waals surface area contributed by atoms with E-state index in [1.807, 2.05) is 7.05 Å². The van der Waals surface area contributed by atoms with Gasteiger partial charge in [0.15, 0.2) is 0 Å². The average molecular weight is 377 g/mol. The molecule has 7 heteroatoms. The molecule has 1 saturated heterocycles. The summed E-state index contributed by atoms with van der Waals surface area (Å²) in [5, 5.41) is 0. The van der Waals surface area contributed by atoms with Crippen LogP contribution in [0.15, 0.2) is 61.3 Å². The summed E-state index contributed by atoms with van der Waals surface area (Å²) in [5.41, 5.74) is 2.89. The van der Waals surface area contributed by atoms with Gasteiger partial charge in [0.1, 0.15) is 12.1 Å². The van der Waals surface area contributed by atoms with E-state index >= 15 is 0 Å². The van der Waals surface area contributed by atoms with E-state index in [4.69, 9.17) is 4.74 Å². The van der Waals surface area contributed by atoms with Crippen molar-refractivity contribution in [2.75, 3.05) is 38.3 Å². The molecule has 0 N–H and O–H groups in total. The number of pyridine rings is 1. The quantitative estimate of drug-likeness (QED) is 0.683. The molecule has 7 nitrogen and oxygen atoms in total. The lowest BCUT2D eigenvalue weighted by Gasteiger charge is -2.29. The van der Waals surface area contributed by atoms with Crippen molar-refractivity contribution in [3.05, 3.63) is 72.4 Å². The van der Waals surface area contributed by atoms with Crippen LogP contribution >= 0.6 is 0 Å². The molecule has 0 atom stereocenters. The first-order chi connectivity index (χ1) is 13.7. The van der Waals surface area contributed by atoms with E-state index in [1.54, 1.807) is 46.5 Å². The van der Waals surface area contributed by atoms with E-state index in [0.29, 0.717) is 17.9 Å². The largest absolute Gasteiger partial charge is 0.378 e. The zero-order valence-electron chi connectivity index (χ0n) is 15.9. The summed E-state index contributed by atoms with van der Waals surface area (Å²) >= 11 is 0. The summed E-state index contributed by atoms with van der Waals surface area (Å²) in [7, 11) is 1.82. The normalized spacial score (nSPS) is 14.1. The van der Waals surface area contributed by atoms with Crippen LogP contribution in [0.3, 0.4) is 0 Å². The molecule has 0 saturated carbocycles. The van der Waals surface area contributed by atoms with Crippen LogP contribution in [0.2, 0.25) is 0 Å². The molecule has 0 radical (unpaired) electrons. The third kappa shape index (κ3) is 4.04. The molecule has 144 valence electrons. The van der Waals surface area contributed by atoms with Gasteiger partial charge in [0.25, 0.3) is 5.91 Å². The maximum Gasteiger partial charge on any atom is 0.254 e. The molecule has 0 spiro atoms. The van der Waals surface area contributed by atoms with Gasteiger partial charge in [-0.1, -0.05) is 12.1 Å². The van der Waals surface area contributed by atoms with E-state index in [1.165, 1.54) is 5.69 Å². The van der Waals surface area contributed by atoms with Gasteiger partial charge in [0.2, 0.25) is 0 Å². The summed E-state index contributed by atoms with van der Waals surface area (Å²) in [5.74, 6) is 0.632. The summed E-state index contributed by atoms with van der Waals surface area (Å²) in [4.78, 5) is 25.2. The van der Waals surface area contributed by atoms with Gasteiger partial charge in [-0.2, -0.15) is 0 Å². The summed E-state index contributed by atoms with van der Waals surface area (Å²) in [6, 6.07) is 11.9. The highest BCUT2D eigenvalue weighted by atomic mass is 16.5. The van der Waals surface area contributed by atoms with Crippen LogP contribution in [0.4, 0.5) is 5.69 Å². The number of nitrogens with zero attached hydrogens (tertiary/aromatic N) is 5. The first-order valence-electron chi connectivity index (χ1n) is 9.32. The fourth-order valence-corrected chi connectivity index (χ4v) is 3.29. The Balaban J connectivity index is 1.42. The van der Waals surface area contributed by atoms with Gasteiger partial charge in [-0.05, 0) is 29.8 Å². The number of amides is 1. The monoisotopic (exact) mass is 377 g/mol. The van der Waals surface area contributed by atoms with Crippen molar-refractivity contribution in [1.29, 1.82) is 0 Å². The molecule has 3 aromatic rings. The number of carbonyl (C=O) groups is 1. The number of carbonyl (C=O) groups excluding carboxylic acids is 1. The van der Waals surface area contributed by atoms with Gasteiger partial charge in [-0.3, -0.25) is 9.36 Å². The number of hydrogen-bond acceptors (Lipinski definition) is 5. The van der Waals surface area contributed by atoms with Crippen LogP contribution in [0.25, 0.3) is 5.82 Å². The Hall–Kier alpha value is -3.19. The van der Waals surface area contributed by atoms with Gasteiger partial charge >= 0.3 is 0 Å². The lowest BCUT2D eigenvalue weighted by molar-refractivity contribution is 0.0785. The number of hydrogen-bond donors (Lipinski definition) is 0. The molecule has 28 heavy (non-hydrogen) atoms. The van der Waals surface area contributed by atoms with Crippen molar-refractivity contribution in [3.63, 3.8) is 0 Å². The van der Waals surface area contributed by atoms with Crippen molar-refractivity contribution in [2.24, 2.45) is 0 Å². The van der Waals surface area contributed by atoms with Gasteiger partial charge in [-0.15, -0.1) is 0 Å². The highest BCUT2D eigenvalue weighted by Crippen LogP contribution is 2.18. The second-order valence-electron chi connectivity index (χ2n) is 6.80. The molecule has 0 bridgehead atoms. The molecule has 1 aliphatic heterocycles. The van der Waals surface area contributed by atoms with Crippen LogP contribution in [0.1, 0.15) is 15.9 Å². The van der Waals surface area contributed by atoms with Crippen molar-refractivity contribution in [2.45, 2.75) is 6.54 Å². The number of rotatable bonds is 5. The highest BCUT2D eigenvalue weighted by molar-refractivity contribution is 5.94. The summed E-state index contributed by atoms with van der Waals surface area (Å²) < 4.78 is 7.18. The SMILES string of the molecule is CN(Cc1ccc(N2CCOCC2)cc1)C(=O)c1ccnc(-n2ccnc2)c1. The van der Waals surface area contributed by atoms with Crippen LogP contribution in [0.5, 0.6) is 0 Å². The minimum atomic E-state index is -0.0407. The van der Waals surface area contributed by atoms with Crippen LogP contribution in [-0.2, 0) is 11.3 Å². The minimum absolute atomic E-state index is 0.0407. The lowest BCUT2D eigenvalue weighted by atomic mass is 10.1. The average Bonchev–Trinajstić information content (AvgIpc) is 3.29. The Kier molecular flexibility index (Phi) is 5.34. The molecular formula is C21H23N5O2. The zero-order chi connectivity index (χ0) is 19.3. The van der Waals surface area contributed by atoms with Gasteiger partial charge in [0, 0.05) is 56.5 Å². The molecule has 1 amide bonds. The summed E-state index contributed by atoms with van der Waals surface area (Å²) in [6.45, 7) is 3.92. The Bertz CT molecular complexity index is 918. The maximum absolute atomic E-state index is 12.8. The number of imidazole rings is 1. The van der Waals surface area contributed by atoms with Crippen molar-refractivity contribution < 1.29 is 9.53 Å². The lowest BCUT2D eigenvalue weighted by Crippen LogP contribution is -2.36. The maximum atomic E-state index is 12.8. The van der Waals surface area contributed by atoms with E-state index < -0.39 is 0 Å². The molecule has 3 heterocycles. The third-order valence-electron chi connectivity index (χ3n) is 4.84. The number of ether oxygens (including phenoxy) is 1. The smallest absolute Gasteiger partial charge is 0.254 e. The Morgan fingerprint density at radius 1 is 1.14 bits per heavy atom. The summed E-state index contributed by atoms with van der Waals surface area (Å²) in [6.07, 6.45) is 6.79. The zero-order valence-corrected chi connectivity index (χ0v) is 15.9. The second-order valence-corrected chi connectivity index (χ2v) is 6.80. The molecule has 2 aromatic heterocycles. The molecule has 0 aliphatic carbocycles. The molecule has 0 unspecified atom stereocenters. The van der Waals surface area contributed by atoms with Crippen molar-refractivity contribution in [1.82, 2.24) is 19.4 Å². The predicted octanol–water partition coefficient (Wildman–Crippen LogP) is 2.38. The minimum Gasteiger partial charge on any atom is -0.378 e. The van der Waals surface area contributed by atoms with E-state index in [9.17, 15) is 4.79 Å². The van der Waals surface area contributed by atoms with Crippen molar-refractivity contribution in [3.8, 4) is 5.82 Å². The molecule has 1 aromatic carbocycles. The first kappa shape index (κ1) is 18.2. The highest BCUT2D eigenvalue weighted by Gasteiger charge is 2.15.